The van der Waals surface area contributed by atoms with Crippen LogP contribution in [0.4, 0.5) is 10.1 Å². The molecule has 5 aromatic rings. The number of aromatic nitrogens is 4. The fraction of sp³-hybridized carbons (Fsp3) is 0.250. The van der Waals surface area contributed by atoms with Crippen LogP contribution < -0.4 is 9.64 Å². The second kappa shape index (κ2) is 9.24. The summed E-state index contributed by atoms with van der Waals surface area (Å²) in [7, 11) is 1.62. The second-order valence-electron chi connectivity index (χ2n) is 9.16. The predicted octanol–water partition coefficient (Wildman–Crippen LogP) is 4.55. The first-order chi connectivity index (χ1) is 18.1. The van der Waals surface area contributed by atoms with Crippen molar-refractivity contribution in [3.63, 3.8) is 0 Å². The maximum Gasteiger partial charge on any atom is 0.270 e. The van der Waals surface area contributed by atoms with Gasteiger partial charge in [-0.2, -0.15) is 0 Å². The Morgan fingerprint density at radius 1 is 1.08 bits per heavy atom. The van der Waals surface area contributed by atoms with Gasteiger partial charge in [-0.1, -0.05) is 25.1 Å². The average Bonchev–Trinajstić information content (AvgIpc) is 3.61. The zero-order valence-electron chi connectivity index (χ0n) is 20.7. The second-order valence-corrected chi connectivity index (χ2v) is 9.16. The van der Waals surface area contributed by atoms with E-state index in [2.05, 4.69) is 20.1 Å². The molecule has 0 bridgehead atoms. The lowest BCUT2D eigenvalue weighted by molar-refractivity contribution is 0.0742. The van der Waals surface area contributed by atoms with Gasteiger partial charge in [0.05, 0.1) is 18.3 Å². The van der Waals surface area contributed by atoms with Crippen molar-refractivity contribution in [3.8, 4) is 16.9 Å². The number of fused-ring (bicyclic) bond motifs is 2. The number of anilines is 1. The van der Waals surface area contributed by atoms with Gasteiger partial charge in [-0.15, -0.1) is 10.2 Å². The van der Waals surface area contributed by atoms with Gasteiger partial charge in [-0.25, -0.2) is 4.39 Å². The molecule has 1 aliphatic rings. The number of rotatable bonds is 5. The molecule has 4 heterocycles. The molecule has 0 unspecified atom stereocenters. The number of piperazine rings is 1. The highest BCUT2D eigenvalue weighted by atomic mass is 19.1. The Labute approximate surface area is 213 Å². The van der Waals surface area contributed by atoms with E-state index in [-0.39, 0.29) is 11.7 Å². The molecule has 0 aliphatic carbocycles. The number of nitrogens with zero attached hydrogens (tertiary/aromatic N) is 5. The molecule has 0 spiro atoms. The number of methoxy groups -OCH3 is 1. The minimum absolute atomic E-state index is 0.139. The number of pyridine rings is 1. The highest BCUT2D eigenvalue weighted by Gasteiger charge is 2.26. The number of benzene rings is 2. The molecule has 1 N–H and O–H groups in total. The fourth-order valence-corrected chi connectivity index (χ4v) is 5.18. The summed E-state index contributed by atoms with van der Waals surface area (Å²) in [5.41, 5.74) is 4.81. The van der Waals surface area contributed by atoms with Crippen LogP contribution in [0.5, 0.6) is 5.75 Å². The van der Waals surface area contributed by atoms with Crippen LogP contribution in [0.3, 0.4) is 0 Å². The molecule has 188 valence electrons. The molecule has 37 heavy (non-hydrogen) atoms. The lowest BCUT2D eigenvalue weighted by atomic mass is 9.96. The molecular formula is C28H27FN6O2. The van der Waals surface area contributed by atoms with E-state index in [4.69, 9.17) is 4.74 Å². The zero-order chi connectivity index (χ0) is 25.5. The van der Waals surface area contributed by atoms with Gasteiger partial charge in [0.1, 0.15) is 23.6 Å². The number of nitrogens with one attached hydrogen (secondary N) is 1. The van der Waals surface area contributed by atoms with Gasteiger partial charge >= 0.3 is 0 Å². The summed E-state index contributed by atoms with van der Waals surface area (Å²) in [6.45, 7) is 4.35. The minimum atomic E-state index is -0.318. The van der Waals surface area contributed by atoms with Crippen LogP contribution in [-0.2, 0) is 6.42 Å². The first-order valence-electron chi connectivity index (χ1n) is 12.4. The Morgan fingerprint density at radius 3 is 2.68 bits per heavy atom. The quantitative estimate of drug-likeness (QED) is 0.385. The van der Waals surface area contributed by atoms with E-state index < -0.39 is 0 Å². The number of hydrogen-bond acceptors (Lipinski definition) is 5. The summed E-state index contributed by atoms with van der Waals surface area (Å²) in [6.07, 6.45) is 4.13. The topological polar surface area (TPSA) is 78.8 Å². The zero-order valence-corrected chi connectivity index (χ0v) is 20.7. The summed E-state index contributed by atoms with van der Waals surface area (Å²) in [6, 6.07) is 15.3. The van der Waals surface area contributed by atoms with Crippen molar-refractivity contribution >= 4 is 28.1 Å². The maximum atomic E-state index is 15.4. The minimum Gasteiger partial charge on any atom is -0.496 e. The van der Waals surface area contributed by atoms with Gasteiger partial charge in [0.2, 0.25) is 0 Å². The molecule has 8 nitrogen and oxygen atoms in total. The number of ether oxygens (including phenoxy) is 1. The molecule has 2 aromatic carbocycles. The number of hydrogen-bond donors (Lipinski definition) is 1. The normalized spacial score (nSPS) is 14.0. The Balaban J connectivity index is 1.31. The third-order valence-corrected chi connectivity index (χ3v) is 7.15. The van der Waals surface area contributed by atoms with Gasteiger partial charge in [0.15, 0.2) is 5.65 Å². The van der Waals surface area contributed by atoms with Crippen LogP contribution in [0.2, 0.25) is 0 Å². The molecule has 1 saturated heterocycles. The van der Waals surface area contributed by atoms with Crippen LogP contribution in [0, 0.1) is 5.82 Å². The average molecular weight is 499 g/mol. The maximum absolute atomic E-state index is 15.4. The van der Waals surface area contributed by atoms with Crippen molar-refractivity contribution in [1.82, 2.24) is 24.5 Å². The number of H-pyrrole nitrogens is 1. The molecule has 1 fully saturated rings. The SMILES string of the molecule is CCc1cc(-c2ccccc2OC)c2cc(C(=O)N3CCN(c4cccn5cnnc45)CC3)[nH]c2c1F. The molecule has 3 aromatic heterocycles. The number of halogens is 1. The summed E-state index contributed by atoms with van der Waals surface area (Å²) >= 11 is 0. The lowest BCUT2D eigenvalue weighted by Crippen LogP contribution is -2.49. The van der Waals surface area contributed by atoms with E-state index in [0.29, 0.717) is 60.5 Å². The van der Waals surface area contributed by atoms with E-state index in [0.717, 1.165) is 22.5 Å². The van der Waals surface area contributed by atoms with Gasteiger partial charge in [0.25, 0.3) is 5.91 Å². The van der Waals surface area contributed by atoms with Crippen molar-refractivity contribution in [2.24, 2.45) is 0 Å². The summed E-state index contributed by atoms with van der Waals surface area (Å²) in [5, 5.41) is 8.89. The number of carbonyl (C=O) groups excluding carboxylic acids is 1. The van der Waals surface area contributed by atoms with E-state index in [1.807, 2.05) is 64.9 Å². The molecule has 0 atom stereocenters. The first-order valence-corrected chi connectivity index (χ1v) is 12.4. The third kappa shape index (κ3) is 3.87. The molecule has 9 heteroatoms. The highest BCUT2D eigenvalue weighted by Crippen LogP contribution is 2.38. The van der Waals surface area contributed by atoms with Gasteiger partial charge < -0.3 is 19.5 Å². The van der Waals surface area contributed by atoms with Crippen molar-refractivity contribution in [2.75, 3.05) is 38.2 Å². The summed E-state index contributed by atoms with van der Waals surface area (Å²) in [4.78, 5) is 20.7. The van der Waals surface area contributed by atoms with Gasteiger partial charge in [0, 0.05) is 43.3 Å². The molecule has 6 rings (SSSR count). The summed E-state index contributed by atoms with van der Waals surface area (Å²) in [5.74, 6) is 0.242. The number of carbonyl (C=O) groups is 1. The Bertz CT molecular complexity index is 1620. The standard InChI is InChI=1S/C28H27FN6O2/c1-3-18-15-20(19-7-4-5-9-24(19)37-2)21-16-22(31-26(21)25(18)29)28(36)34-13-11-33(12-14-34)23-8-6-10-35-17-30-32-27(23)35/h4-10,15-17,31H,3,11-14H2,1-2H3. The third-order valence-electron chi connectivity index (χ3n) is 7.15. The Hall–Kier alpha value is -4.40. The van der Waals surface area contributed by atoms with Crippen LogP contribution in [0.15, 0.2) is 61.1 Å². The van der Waals surface area contributed by atoms with Crippen LogP contribution in [0.1, 0.15) is 23.0 Å². The number of amides is 1. The number of para-hydroxylation sites is 1. The van der Waals surface area contributed by atoms with Crippen LogP contribution in [0.25, 0.3) is 27.7 Å². The fourth-order valence-electron chi connectivity index (χ4n) is 5.18. The van der Waals surface area contributed by atoms with Crippen molar-refractivity contribution in [1.29, 1.82) is 0 Å². The molecule has 0 radical (unpaired) electrons. The van der Waals surface area contributed by atoms with E-state index in [1.54, 1.807) is 19.5 Å². The number of aromatic amines is 1. The van der Waals surface area contributed by atoms with E-state index in [9.17, 15) is 4.79 Å². The Morgan fingerprint density at radius 2 is 1.89 bits per heavy atom. The first kappa shape index (κ1) is 23.0. The molecule has 0 saturated carbocycles. The largest absolute Gasteiger partial charge is 0.496 e. The van der Waals surface area contributed by atoms with E-state index >= 15 is 4.39 Å². The van der Waals surface area contributed by atoms with Gasteiger partial charge in [-0.3, -0.25) is 9.20 Å². The molecule has 1 amide bonds. The van der Waals surface area contributed by atoms with E-state index in [1.165, 1.54) is 0 Å². The van der Waals surface area contributed by atoms with Crippen molar-refractivity contribution in [2.45, 2.75) is 13.3 Å². The molecular weight excluding hydrogens is 471 g/mol. The highest BCUT2D eigenvalue weighted by molar-refractivity contribution is 6.04. The van der Waals surface area contributed by atoms with Crippen LogP contribution in [-0.4, -0.2) is 63.7 Å². The summed E-state index contributed by atoms with van der Waals surface area (Å²) < 4.78 is 22.9. The van der Waals surface area contributed by atoms with Crippen LogP contribution >= 0.6 is 0 Å². The lowest BCUT2D eigenvalue weighted by Gasteiger charge is -2.35. The smallest absolute Gasteiger partial charge is 0.270 e. The number of aryl methyl sites for hydroxylation is 1. The monoisotopic (exact) mass is 498 g/mol. The Kier molecular flexibility index (Phi) is 5.75. The van der Waals surface area contributed by atoms with Crippen molar-refractivity contribution in [3.05, 3.63) is 78.1 Å². The predicted molar refractivity (Wildman–Crippen MR) is 141 cm³/mol. The van der Waals surface area contributed by atoms with Crippen molar-refractivity contribution < 1.29 is 13.9 Å². The molecule has 1 aliphatic heterocycles. The van der Waals surface area contributed by atoms with Gasteiger partial charge in [-0.05, 0) is 47.9 Å².